The molecule has 13 aliphatic heterocycles. The van der Waals surface area contributed by atoms with Gasteiger partial charge in [-0.05, 0) is 161 Å². The Morgan fingerprint density at radius 2 is 0.646 bits per heavy atom. The maximum atomic E-state index is 6.53. The van der Waals surface area contributed by atoms with E-state index in [0.29, 0.717) is 112 Å². The van der Waals surface area contributed by atoms with Gasteiger partial charge in [0, 0.05) is 57.4 Å². The van der Waals surface area contributed by atoms with Gasteiger partial charge in [0.25, 0.3) is 0 Å². The summed E-state index contributed by atoms with van der Waals surface area (Å²) in [4.78, 5) is 2.71. The van der Waals surface area contributed by atoms with Gasteiger partial charge in [0.15, 0.2) is 34.5 Å². The molecule has 0 saturated heterocycles. The third kappa shape index (κ3) is 16.0. The second-order valence-electron chi connectivity index (χ2n) is 21.2. The number of nitrogens with zero attached hydrogens (tertiary/aromatic N) is 1. The van der Waals surface area contributed by atoms with Crippen LogP contribution in [0.15, 0.2) is 109 Å². The minimum atomic E-state index is 0.308. The zero-order valence-corrected chi connectivity index (χ0v) is 47.6. The van der Waals surface area contributed by atoms with Crippen molar-refractivity contribution in [1.82, 2.24) is 20.9 Å². The lowest BCUT2D eigenvalue weighted by molar-refractivity contribution is 0.183. The summed E-state index contributed by atoms with van der Waals surface area (Å²) in [6, 6.07) is 39.0. The first kappa shape index (κ1) is 57.1. The van der Waals surface area contributed by atoms with Crippen LogP contribution in [0.25, 0.3) is 0 Å². The van der Waals surface area contributed by atoms with Crippen molar-refractivity contribution in [3.05, 3.63) is 159 Å². The van der Waals surface area contributed by atoms with Crippen LogP contribution in [0.1, 0.15) is 109 Å². The summed E-state index contributed by atoms with van der Waals surface area (Å²) in [7, 11) is 5.07. The van der Waals surface area contributed by atoms with Crippen LogP contribution in [0, 0.1) is 0 Å². The lowest BCUT2D eigenvalue weighted by Gasteiger charge is -2.34. The fraction of sp³-hybridized carbons (Fsp3) is 0.455. The average Bonchev–Trinajstić information content (AvgIpc) is 3.59. The van der Waals surface area contributed by atoms with Gasteiger partial charge in [-0.3, -0.25) is 4.90 Å². The number of rotatable bonds is 9. The molecule has 0 amide bonds. The second-order valence-corrected chi connectivity index (χ2v) is 21.2. The van der Waals surface area contributed by atoms with Crippen LogP contribution in [-0.2, 0) is 38.9 Å². The molecule has 0 radical (unpaired) electrons. The minimum absolute atomic E-state index is 0.308. The van der Waals surface area contributed by atoms with Gasteiger partial charge in [0.05, 0.1) is 21.3 Å². The van der Waals surface area contributed by atoms with Crippen LogP contribution in [0.4, 0.5) is 0 Å². The molecule has 3 N–H and O–H groups in total. The summed E-state index contributed by atoms with van der Waals surface area (Å²) >= 11 is 0. The van der Waals surface area contributed by atoms with Crippen molar-refractivity contribution in [3.63, 3.8) is 0 Å². The zero-order valence-electron chi connectivity index (χ0n) is 47.6. The highest BCUT2D eigenvalue weighted by Gasteiger charge is 2.25. The lowest BCUT2D eigenvalue weighted by atomic mass is 9.94. The van der Waals surface area contributed by atoms with E-state index in [4.69, 9.17) is 42.6 Å². The van der Waals surface area contributed by atoms with Crippen molar-refractivity contribution in [2.45, 2.75) is 116 Å². The molecular formula is C66H84N4O9. The molecule has 0 fully saturated rings. The van der Waals surface area contributed by atoms with E-state index in [-0.39, 0.29) is 0 Å². The number of methoxy groups -OCH3 is 3. The van der Waals surface area contributed by atoms with E-state index in [1.165, 1.54) is 16.7 Å². The Morgan fingerprint density at radius 1 is 0.380 bits per heavy atom. The quantitative estimate of drug-likeness (QED) is 0.127. The fourth-order valence-corrected chi connectivity index (χ4v) is 11.2. The van der Waals surface area contributed by atoms with Crippen LogP contribution < -0.4 is 58.6 Å². The molecule has 13 heteroatoms. The molecule has 6 aromatic rings. The summed E-state index contributed by atoms with van der Waals surface area (Å²) in [6.07, 6.45) is 8.37. The zero-order chi connectivity index (χ0) is 54.8. The normalized spacial score (nSPS) is 19.5. The number of hydrogen-bond donors (Lipinski definition) is 3. The maximum Gasteiger partial charge on any atom is 0.161 e. The first-order valence-corrected chi connectivity index (χ1v) is 28.9. The van der Waals surface area contributed by atoms with Gasteiger partial charge in [-0.2, -0.15) is 0 Å². The van der Waals surface area contributed by atoms with Crippen molar-refractivity contribution in [2.24, 2.45) is 0 Å². The molecule has 3 atom stereocenters. The van der Waals surface area contributed by atoms with Crippen LogP contribution in [0.5, 0.6) is 51.7 Å². The monoisotopic (exact) mass is 1080 g/mol. The Kier molecular flexibility index (Phi) is 21.0. The van der Waals surface area contributed by atoms with Gasteiger partial charge in [-0.25, -0.2) is 0 Å². The van der Waals surface area contributed by atoms with Crippen molar-refractivity contribution in [2.75, 3.05) is 80.6 Å². The first-order chi connectivity index (χ1) is 38.8. The highest BCUT2D eigenvalue weighted by molar-refractivity contribution is 5.58. The molecule has 79 heavy (non-hydrogen) atoms. The minimum Gasteiger partial charge on any atom is -0.493 e. The van der Waals surface area contributed by atoms with Gasteiger partial charge in [0.2, 0.25) is 0 Å². The summed E-state index contributed by atoms with van der Waals surface area (Å²) in [5, 5.41) is 12.0. The first-order valence-electron chi connectivity index (χ1n) is 28.9. The highest BCUT2D eigenvalue weighted by Crippen LogP contribution is 2.41. The molecule has 20 rings (SSSR count). The molecule has 6 aromatic carbocycles. The van der Waals surface area contributed by atoms with Crippen molar-refractivity contribution in [1.29, 1.82) is 0 Å². The molecule has 0 aromatic heterocycles. The van der Waals surface area contributed by atoms with Crippen LogP contribution in [0.2, 0.25) is 0 Å². The van der Waals surface area contributed by atoms with E-state index in [2.05, 4.69) is 151 Å². The molecule has 13 nitrogen and oxygen atoms in total. The molecule has 1 aliphatic carbocycles. The molecule has 16 bridgehead atoms. The molecular weight excluding hydrogens is 993 g/mol. The van der Waals surface area contributed by atoms with Crippen molar-refractivity contribution in [3.8, 4) is 51.7 Å². The predicted octanol–water partition coefficient (Wildman–Crippen LogP) is 11.3. The van der Waals surface area contributed by atoms with Gasteiger partial charge in [-0.15, -0.1) is 0 Å². The Hall–Kier alpha value is -6.64. The SMILES string of the molecule is CCC[C@@H]1CN2C[C@@H](CCC)NCc3ccc(cc3)OCCOc3cc4c(cc3OC)Cc3cc(c(OC)cc3Cc3cc(c(OC)cc3C4)OCCOc3ccc(cc3)CN[C@H](CCC)C2)OCCOc2ccc(cc2)CN1. The maximum absolute atomic E-state index is 6.53. The van der Waals surface area contributed by atoms with E-state index in [1.54, 1.807) is 21.3 Å². The Balaban J connectivity index is 1.10. The summed E-state index contributed by atoms with van der Waals surface area (Å²) < 4.78 is 56.6. The topological polar surface area (TPSA) is 122 Å². The summed E-state index contributed by atoms with van der Waals surface area (Å²) in [5.74, 6) is 6.32. The third-order valence-corrected chi connectivity index (χ3v) is 15.3. The lowest BCUT2D eigenvalue weighted by Crippen LogP contribution is -2.50. The second kappa shape index (κ2) is 29.0. The third-order valence-electron chi connectivity index (χ3n) is 15.3. The average molecular weight is 1080 g/mol. The van der Waals surface area contributed by atoms with E-state index < -0.39 is 0 Å². The Bertz CT molecular complexity index is 2540. The summed E-state index contributed by atoms with van der Waals surface area (Å²) in [5.41, 5.74) is 10.3. The molecule has 13 heterocycles. The molecule has 422 valence electrons. The van der Waals surface area contributed by atoms with E-state index in [9.17, 15) is 0 Å². The fourth-order valence-electron chi connectivity index (χ4n) is 11.2. The number of ether oxygens (including phenoxy) is 9. The van der Waals surface area contributed by atoms with Gasteiger partial charge in [-0.1, -0.05) is 76.4 Å². The number of fused-ring (bicyclic) bond motifs is 1. The molecule has 0 unspecified atom stereocenters. The Morgan fingerprint density at radius 3 is 0.911 bits per heavy atom. The number of benzene rings is 6. The Labute approximate surface area is 469 Å². The molecule has 14 aliphatic rings. The van der Waals surface area contributed by atoms with E-state index in [0.717, 1.165) is 128 Å². The van der Waals surface area contributed by atoms with Crippen molar-refractivity contribution >= 4 is 0 Å². The number of hydrogen-bond acceptors (Lipinski definition) is 13. The highest BCUT2D eigenvalue weighted by atomic mass is 16.6. The van der Waals surface area contributed by atoms with Crippen LogP contribution >= 0.6 is 0 Å². The van der Waals surface area contributed by atoms with Gasteiger partial charge < -0.3 is 58.6 Å². The van der Waals surface area contributed by atoms with Crippen LogP contribution in [-0.4, -0.2) is 104 Å². The predicted molar refractivity (Wildman–Crippen MR) is 313 cm³/mol. The van der Waals surface area contributed by atoms with E-state index in [1.807, 2.05) is 0 Å². The molecule has 0 saturated carbocycles. The van der Waals surface area contributed by atoms with Crippen LogP contribution in [0.3, 0.4) is 0 Å². The van der Waals surface area contributed by atoms with Gasteiger partial charge >= 0.3 is 0 Å². The summed E-state index contributed by atoms with van der Waals surface area (Å²) in [6.45, 7) is 14.1. The van der Waals surface area contributed by atoms with Gasteiger partial charge in [0.1, 0.15) is 56.9 Å². The van der Waals surface area contributed by atoms with E-state index >= 15 is 0 Å². The largest absolute Gasteiger partial charge is 0.493 e. The molecule has 0 spiro atoms. The number of nitrogens with one attached hydrogen (secondary N) is 3. The van der Waals surface area contributed by atoms with Crippen molar-refractivity contribution < 1.29 is 42.6 Å². The standard InChI is InChI=1S/C66H84N4O9/c1-7-10-55-43-70-44-56(11-8-2)68-41-47-15-21-59(22-16-47)75-26-29-78-65-38-53-32-49-34-61(71-4)64(77-28-25-74-58-19-13-46(14-20-58)40-67-55)37-52(49)31-50-35-62(72-5)66(39-54(50)33-51(53)36-63(65)73-6)79-30-27-76-60-23-17-48(18-24-60)42-69-57(45-70)12-9-3/h13-24,34-39,55-57,67-69H,7-12,25-33,40-45H2,1-6H3/t55-,56-,57-/m1/s1. The smallest absolute Gasteiger partial charge is 0.161 e.